The molecule has 0 spiro atoms. The number of hydrogen-bond acceptors (Lipinski definition) is 7. The third-order valence-corrected chi connectivity index (χ3v) is 9.10. The summed E-state index contributed by atoms with van der Waals surface area (Å²) in [5, 5.41) is 6.12. The minimum Gasteiger partial charge on any atom is -0.497 e. The van der Waals surface area contributed by atoms with Crippen molar-refractivity contribution in [1.29, 1.82) is 0 Å². The normalized spacial score (nSPS) is 11.5. The highest BCUT2D eigenvalue weighted by molar-refractivity contribution is 7.98. The number of nitrogens with one attached hydrogen (secondary N) is 1. The summed E-state index contributed by atoms with van der Waals surface area (Å²) in [6.45, 7) is 10.0. The molecule has 0 bridgehead atoms. The molecule has 0 saturated heterocycles. The van der Waals surface area contributed by atoms with Crippen LogP contribution in [0.3, 0.4) is 0 Å². The van der Waals surface area contributed by atoms with Gasteiger partial charge in [0, 0.05) is 34.8 Å². The minimum absolute atomic E-state index is 0.275. The van der Waals surface area contributed by atoms with Crippen molar-refractivity contribution >= 4 is 39.8 Å². The molecule has 3 heterocycles. The van der Waals surface area contributed by atoms with Crippen LogP contribution in [0.25, 0.3) is 44.6 Å². The van der Waals surface area contributed by atoms with E-state index in [9.17, 15) is 4.79 Å². The molecule has 1 N–H and O–H groups in total. The molecule has 0 unspecified atom stereocenters. The number of H-pyrrole nitrogens is 1. The van der Waals surface area contributed by atoms with Crippen LogP contribution in [0.1, 0.15) is 37.5 Å². The van der Waals surface area contributed by atoms with Crippen LogP contribution in [0.2, 0.25) is 0 Å². The second-order valence-corrected chi connectivity index (χ2v) is 12.8. The molecule has 47 heavy (non-hydrogen) atoms. The maximum absolute atomic E-state index is 12.8. The van der Waals surface area contributed by atoms with Crippen LogP contribution in [-0.2, 0) is 17.8 Å². The van der Waals surface area contributed by atoms with E-state index in [1.807, 2.05) is 62.1 Å². The molecule has 3 aromatic heterocycles. The number of para-hydroxylation sites is 1. The Hall–Kier alpha value is -4.83. The van der Waals surface area contributed by atoms with Gasteiger partial charge < -0.3 is 19.4 Å². The van der Waals surface area contributed by atoms with Gasteiger partial charge in [0.05, 0.1) is 37.8 Å². The van der Waals surface area contributed by atoms with Crippen molar-refractivity contribution in [3.05, 3.63) is 89.7 Å². The van der Waals surface area contributed by atoms with Gasteiger partial charge >= 0.3 is 6.09 Å². The van der Waals surface area contributed by atoms with Crippen LogP contribution in [0.4, 0.5) is 4.79 Å². The third-order valence-electron chi connectivity index (χ3n) is 8.33. The Balaban J connectivity index is 1.42. The monoisotopic (exact) mass is 648 g/mol. The van der Waals surface area contributed by atoms with Gasteiger partial charge in [-0.3, -0.25) is 9.67 Å². The lowest BCUT2D eigenvalue weighted by atomic mass is 9.97. The maximum Gasteiger partial charge on any atom is 0.410 e. The van der Waals surface area contributed by atoms with Crippen LogP contribution >= 0.6 is 11.8 Å². The van der Waals surface area contributed by atoms with Gasteiger partial charge in [-0.05, 0) is 84.7 Å². The van der Waals surface area contributed by atoms with Crippen molar-refractivity contribution in [2.75, 3.05) is 26.5 Å². The number of ether oxygens (including phenoxy) is 2. The van der Waals surface area contributed by atoms with Gasteiger partial charge in [0.25, 0.3) is 0 Å². The molecule has 0 aliphatic heterocycles. The number of carbonyl (C=O) groups is 1. The Morgan fingerprint density at radius 3 is 2.62 bits per heavy atom. The molecule has 0 fully saturated rings. The molecular weight excluding hydrogens is 609 g/mol. The average Bonchev–Trinajstić information content (AvgIpc) is 3.68. The fraction of sp³-hybridized carbons (Fsp3) is 0.297. The second-order valence-electron chi connectivity index (χ2n) is 12.0. The van der Waals surface area contributed by atoms with Crippen molar-refractivity contribution in [2.24, 2.45) is 5.92 Å². The summed E-state index contributed by atoms with van der Waals surface area (Å²) in [7, 11) is 1.67. The van der Waals surface area contributed by atoms with Crippen molar-refractivity contribution in [3.63, 3.8) is 0 Å². The summed E-state index contributed by atoms with van der Waals surface area (Å²) in [4.78, 5) is 28.8. The highest BCUT2D eigenvalue weighted by atomic mass is 32.2. The van der Waals surface area contributed by atoms with Crippen molar-refractivity contribution < 1.29 is 14.3 Å². The number of benzene rings is 3. The molecule has 9 nitrogen and oxygen atoms in total. The Labute approximate surface area is 279 Å². The number of pyridine rings is 1. The molecule has 10 heteroatoms. The first-order valence-electron chi connectivity index (χ1n) is 15.8. The lowest BCUT2D eigenvalue weighted by Crippen LogP contribution is -2.32. The topological polar surface area (TPSA) is 98.2 Å². The molecule has 242 valence electrons. The maximum atomic E-state index is 12.8. The summed E-state index contributed by atoms with van der Waals surface area (Å²) < 4.78 is 12.9. The molecule has 0 saturated carbocycles. The quantitative estimate of drug-likeness (QED) is 0.141. The summed E-state index contributed by atoms with van der Waals surface area (Å²) in [5.74, 6) is 1.81. The summed E-state index contributed by atoms with van der Waals surface area (Å²) in [6, 6.07) is 20.6. The lowest BCUT2D eigenvalue weighted by Gasteiger charge is -2.22. The lowest BCUT2D eigenvalue weighted by molar-refractivity contribution is 0.0914. The third kappa shape index (κ3) is 6.69. The number of imidazole rings is 1. The number of rotatable bonds is 11. The van der Waals surface area contributed by atoms with E-state index < -0.39 is 0 Å². The van der Waals surface area contributed by atoms with E-state index in [4.69, 9.17) is 19.6 Å². The number of thioether (sulfide) groups is 1. The molecule has 0 atom stereocenters. The molecule has 1 amide bonds. The fourth-order valence-electron chi connectivity index (χ4n) is 5.69. The first-order chi connectivity index (χ1) is 22.8. The molecule has 3 aromatic carbocycles. The zero-order chi connectivity index (χ0) is 33.1. The van der Waals surface area contributed by atoms with Crippen LogP contribution < -0.4 is 4.74 Å². The van der Waals surface area contributed by atoms with E-state index in [1.54, 1.807) is 23.8 Å². The van der Waals surface area contributed by atoms with E-state index >= 15 is 0 Å². The van der Waals surface area contributed by atoms with Gasteiger partial charge in [0.15, 0.2) is 5.82 Å². The Morgan fingerprint density at radius 1 is 1.09 bits per heavy atom. The van der Waals surface area contributed by atoms with E-state index in [0.717, 1.165) is 71.9 Å². The second kappa shape index (κ2) is 13.9. The number of fused-ring (bicyclic) bond motifs is 2. The minimum atomic E-state index is -0.309. The highest BCUT2D eigenvalue weighted by Crippen LogP contribution is 2.35. The first-order valence-corrected chi connectivity index (χ1v) is 17.0. The standard InChI is InChI=1S/C37H40N6O3S/c1-7-42(37(44)46-22-23(2)3)21-27-18-38-19-30(24(27)4)26-13-16-32-29(17-26)34(36-39-31-9-8-10-33(47-6)35(31)40-36)41-43(32)20-25-11-14-28(45-5)15-12-25/h8-19,23H,7,20-22H2,1-6H3,(H,39,40). The van der Waals surface area contributed by atoms with Gasteiger partial charge in [0.1, 0.15) is 17.0 Å². The molecular formula is C37H40N6O3S. The average molecular weight is 649 g/mol. The number of aromatic amines is 1. The highest BCUT2D eigenvalue weighted by Gasteiger charge is 2.20. The van der Waals surface area contributed by atoms with E-state index in [0.29, 0.717) is 26.2 Å². The predicted octanol–water partition coefficient (Wildman–Crippen LogP) is 8.34. The molecule has 0 radical (unpaired) electrons. The van der Waals surface area contributed by atoms with Crippen molar-refractivity contribution in [3.8, 4) is 28.4 Å². The number of aromatic nitrogens is 5. The summed E-state index contributed by atoms with van der Waals surface area (Å²) >= 11 is 1.68. The number of carbonyl (C=O) groups excluding carboxylic acids is 1. The zero-order valence-electron chi connectivity index (χ0n) is 27.7. The zero-order valence-corrected chi connectivity index (χ0v) is 28.5. The van der Waals surface area contributed by atoms with Crippen molar-refractivity contribution in [1.82, 2.24) is 29.6 Å². The number of nitrogens with zero attached hydrogens (tertiary/aromatic N) is 5. The number of methoxy groups -OCH3 is 1. The van der Waals surface area contributed by atoms with Gasteiger partial charge in [-0.1, -0.05) is 38.1 Å². The van der Waals surface area contributed by atoms with Crippen LogP contribution in [0.5, 0.6) is 5.75 Å². The predicted molar refractivity (Wildman–Crippen MR) is 189 cm³/mol. The van der Waals surface area contributed by atoms with Crippen LogP contribution in [0.15, 0.2) is 78.0 Å². The van der Waals surface area contributed by atoms with E-state index in [1.165, 1.54) is 0 Å². The largest absolute Gasteiger partial charge is 0.497 e. The van der Waals surface area contributed by atoms with Gasteiger partial charge in [-0.25, -0.2) is 9.78 Å². The van der Waals surface area contributed by atoms with Gasteiger partial charge in [-0.2, -0.15) is 5.10 Å². The summed E-state index contributed by atoms with van der Waals surface area (Å²) in [5.41, 5.74) is 8.85. The Kier molecular flexibility index (Phi) is 9.49. The molecule has 6 rings (SSSR count). The molecule has 0 aliphatic rings. The van der Waals surface area contributed by atoms with Gasteiger partial charge in [-0.15, -0.1) is 11.8 Å². The number of amides is 1. The van der Waals surface area contributed by atoms with E-state index in [-0.39, 0.29) is 12.0 Å². The van der Waals surface area contributed by atoms with Gasteiger partial charge in [0.2, 0.25) is 0 Å². The Morgan fingerprint density at radius 2 is 1.89 bits per heavy atom. The smallest absolute Gasteiger partial charge is 0.410 e. The molecule has 0 aliphatic carbocycles. The van der Waals surface area contributed by atoms with Crippen LogP contribution in [0, 0.1) is 12.8 Å². The summed E-state index contributed by atoms with van der Waals surface area (Å²) in [6.07, 6.45) is 5.48. The fourth-order valence-corrected chi connectivity index (χ4v) is 6.25. The Bertz CT molecular complexity index is 2030. The number of hydrogen-bond donors (Lipinski definition) is 1. The molecule has 6 aromatic rings. The first kappa shape index (κ1) is 32.1. The van der Waals surface area contributed by atoms with Crippen molar-refractivity contribution in [2.45, 2.75) is 45.7 Å². The van der Waals surface area contributed by atoms with Crippen LogP contribution in [-0.4, -0.2) is 62.2 Å². The SMILES string of the molecule is CCN(Cc1cncc(-c2ccc3c(c2)c(-c2nc4c(SC)cccc4[nH]2)nn3Cc2ccc(OC)cc2)c1C)C(=O)OCC(C)C. The van der Waals surface area contributed by atoms with E-state index in [2.05, 4.69) is 59.5 Å².